The summed E-state index contributed by atoms with van der Waals surface area (Å²) in [7, 11) is 0. The van der Waals surface area contributed by atoms with E-state index in [0.29, 0.717) is 6.42 Å². The second kappa shape index (κ2) is 8.30. The van der Waals surface area contributed by atoms with Crippen LogP contribution in [0.2, 0.25) is 0 Å². The summed E-state index contributed by atoms with van der Waals surface area (Å²) in [6.45, 7) is 4.55. The quantitative estimate of drug-likeness (QED) is 0.680. The zero-order chi connectivity index (χ0) is 11.6. The Morgan fingerprint density at radius 2 is 2.25 bits per heavy atom. The van der Waals surface area contributed by atoms with Gasteiger partial charge in [0.1, 0.15) is 0 Å². The Labute approximate surface area is 101 Å². The van der Waals surface area contributed by atoms with Gasteiger partial charge in [-0.15, -0.1) is 11.3 Å². The summed E-state index contributed by atoms with van der Waals surface area (Å²) in [6, 6.07) is 4.21. The Kier molecular flexibility index (Phi) is 6.85. The molecule has 0 fully saturated rings. The molecule has 0 aliphatic heterocycles. The van der Waals surface area contributed by atoms with Gasteiger partial charge in [0, 0.05) is 24.4 Å². The van der Waals surface area contributed by atoms with E-state index in [9.17, 15) is 4.79 Å². The molecular weight excluding hydrogens is 220 g/mol. The molecule has 1 aromatic rings. The first kappa shape index (κ1) is 13.2. The molecule has 0 radical (unpaired) electrons. The number of hydrogen-bond acceptors (Lipinski definition) is 3. The average molecular weight is 240 g/mol. The zero-order valence-electron chi connectivity index (χ0n) is 9.79. The Morgan fingerprint density at radius 3 is 2.94 bits per heavy atom. The van der Waals surface area contributed by atoms with E-state index in [1.54, 1.807) is 11.3 Å². The normalized spacial score (nSPS) is 10.3. The van der Waals surface area contributed by atoms with E-state index >= 15 is 0 Å². The van der Waals surface area contributed by atoms with Crippen LogP contribution in [-0.2, 0) is 11.2 Å². The monoisotopic (exact) mass is 240 g/mol. The summed E-state index contributed by atoms with van der Waals surface area (Å²) in [5.41, 5.74) is 0. The predicted octanol–water partition coefficient (Wildman–Crippen LogP) is 1.80. The third kappa shape index (κ3) is 5.88. The fraction of sp³-hybridized carbons (Fsp3) is 0.583. The molecule has 2 N–H and O–H groups in total. The second-order valence-corrected chi connectivity index (χ2v) is 4.71. The molecule has 0 bridgehead atoms. The Balaban J connectivity index is 1.93. The largest absolute Gasteiger partial charge is 0.356 e. The van der Waals surface area contributed by atoms with Crippen LogP contribution in [0.4, 0.5) is 0 Å². The van der Waals surface area contributed by atoms with Gasteiger partial charge in [0.15, 0.2) is 0 Å². The predicted molar refractivity (Wildman–Crippen MR) is 68.8 cm³/mol. The van der Waals surface area contributed by atoms with Crippen LogP contribution in [0, 0.1) is 0 Å². The van der Waals surface area contributed by atoms with Crippen molar-refractivity contribution in [2.45, 2.75) is 26.2 Å². The minimum atomic E-state index is 0.144. The van der Waals surface area contributed by atoms with Crippen molar-refractivity contribution in [3.8, 4) is 0 Å². The fourth-order valence-electron chi connectivity index (χ4n) is 1.35. The van der Waals surface area contributed by atoms with Crippen LogP contribution in [0.25, 0.3) is 0 Å². The number of carbonyl (C=O) groups is 1. The van der Waals surface area contributed by atoms with Gasteiger partial charge >= 0.3 is 0 Å². The molecule has 3 nitrogen and oxygen atoms in total. The van der Waals surface area contributed by atoms with Gasteiger partial charge < -0.3 is 10.6 Å². The van der Waals surface area contributed by atoms with E-state index in [1.807, 2.05) is 0 Å². The summed E-state index contributed by atoms with van der Waals surface area (Å²) in [5, 5.41) is 8.23. The fourth-order valence-corrected chi connectivity index (χ4v) is 2.06. The first-order valence-electron chi connectivity index (χ1n) is 5.82. The van der Waals surface area contributed by atoms with Crippen molar-refractivity contribution < 1.29 is 4.79 Å². The summed E-state index contributed by atoms with van der Waals surface area (Å²) >= 11 is 1.78. The zero-order valence-corrected chi connectivity index (χ0v) is 10.6. The highest BCUT2D eigenvalue weighted by Gasteiger charge is 1.99. The van der Waals surface area contributed by atoms with Crippen molar-refractivity contribution >= 4 is 17.2 Å². The molecule has 0 aromatic carbocycles. The highest BCUT2D eigenvalue weighted by Crippen LogP contribution is 2.07. The molecular formula is C12H20N2OS. The Bertz CT molecular complexity index is 285. The van der Waals surface area contributed by atoms with Gasteiger partial charge in [-0.1, -0.05) is 13.0 Å². The Hall–Kier alpha value is -0.870. The number of rotatable bonds is 8. The van der Waals surface area contributed by atoms with Crippen molar-refractivity contribution in [2.75, 3.05) is 19.6 Å². The van der Waals surface area contributed by atoms with E-state index in [2.05, 4.69) is 35.1 Å². The van der Waals surface area contributed by atoms with Crippen LogP contribution >= 0.6 is 11.3 Å². The molecule has 0 spiro atoms. The number of thiophene rings is 1. The number of amides is 1. The molecule has 0 saturated carbocycles. The lowest BCUT2D eigenvalue weighted by Crippen LogP contribution is -2.28. The van der Waals surface area contributed by atoms with E-state index < -0.39 is 0 Å². The van der Waals surface area contributed by atoms with Crippen LogP contribution in [0.3, 0.4) is 0 Å². The van der Waals surface area contributed by atoms with Crippen molar-refractivity contribution in [1.29, 1.82) is 0 Å². The molecule has 1 rings (SSSR count). The maximum atomic E-state index is 11.2. The van der Waals surface area contributed by atoms with Crippen LogP contribution in [0.15, 0.2) is 17.5 Å². The molecule has 1 aromatic heterocycles. The first-order chi connectivity index (χ1) is 7.83. The van der Waals surface area contributed by atoms with E-state index in [1.165, 1.54) is 4.88 Å². The highest BCUT2D eigenvalue weighted by molar-refractivity contribution is 7.09. The van der Waals surface area contributed by atoms with E-state index in [-0.39, 0.29) is 5.91 Å². The SMILES string of the molecule is CCCNC(=O)CCNCCc1cccs1. The van der Waals surface area contributed by atoms with Gasteiger partial charge in [-0.25, -0.2) is 0 Å². The smallest absolute Gasteiger partial charge is 0.221 e. The summed E-state index contributed by atoms with van der Waals surface area (Å²) in [5.74, 6) is 0.144. The third-order valence-corrected chi connectivity index (χ3v) is 3.17. The first-order valence-corrected chi connectivity index (χ1v) is 6.70. The van der Waals surface area contributed by atoms with Gasteiger partial charge in [0.25, 0.3) is 0 Å². The average Bonchev–Trinajstić information content (AvgIpc) is 2.79. The van der Waals surface area contributed by atoms with Crippen molar-refractivity contribution in [2.24, 2.45) is 0 Å². The van der Waals surface area contributed by atoms with Crippen molar-refractivity contribution in [1.82, 2.24) is 10.6 Å². The highest BCUT2D eigenvalue weighted by atomic mass is 32.1. The molecule has 90 valence electrons. The molecule has 4 heteroatoms. The van der Waals surface area contributed by atoms with E-state index in [0.717, 1.165) is 32.5 Å². The lowest BCUT2D eigenvalue weighted by molar-refractivity contribution is -0.120. The molecule has 0 atom stereocenters. The van der Waals surface area contributed by atoms with Gasteiger partial charge in [0.05, 0.1) is 0 Å². The third-order valence-electron chi connectivity index (χ3n) is 2.23. The molecule has 16 heavy (non-hydrogen) atoms. The lowest BCUT2D eigenvalue weighted by atomic mass is 10.3. The van der Waals surface area contributed by atoms with Gasteiger partial charge in [-0.3, -0.25) is 4.79 Å². The van der Waals surface area contributed by atoms with Crippen molar-refractivity contribution in [3.05, 3.63) is 22.4 Å². The van der Waals surface area contributed by atoms with Crippen LogP contribution in [0.1, 0.15) is 24.6 Å². The molecule has 0 saturated heterocycles. The van der Waals surface area contributed by atoms with E-state index in [4.69, 9.17) is 0 Å². The molecule has 0 unspecified atom stereocenters. The van der Waals surface area contributed by atoms with Gasteiger partial charge in [-0.05, 0) is 30.8 Å². The maximum Gasteiger partial charge on any atom is 0.221 e. The number of carbonyl (C=O) groups excluding carboxylic acids is 1. The topological polar surface area (TPSA) is 41.1 Å². The van der Waals surface area contributed by atoms with Gasteiger partial charge in [-0.2, -0.15) is 0 Å². The summed E-state index contributed by atoms with van der Waals surface area (Å²) < 4.78 is 0. The van der Waals surface area contributed by atoms with Crippen LogP contribution < -0.4 is 10.6 Å². The van der Waals surface area contributed by atoms with Crippen molar-refractivity contribution in [3.63, 3.8) is 0 Å². The Morgan fingerprint density at radius 1 is 1.38 bits per heavy atom. The second-order valence-electron chi connectivity index (χ2n) is 3.68. The minimum Gasteiger partial charge on any atom is -0.356 e. The van der Waals surface area contributed by atoms with Crippen LogP contribution in [-0.4, -0.2) is 25.5 Å². The van der Waals surface area contributed by atoms with Crippen LogP contribution in [0.5, 0.6) is 0 Å². The molecule has 0 aliphatic carbocycles. The molecule has 1 heterocycles. The summed E-state index contributed by atoms with van der Waals surface area (Å²) in [6.07, 6.45) is 2.62. The summed E-state index contributed by atoms with van der Waals surface area (Å²) in [4.78, 5) is 12.6. The molecule has 0 aliphatic rings. The van der Waals surface area contributed by atoms with Gasteiger partial charge in [0.2, 0.25) is 5.91 Å². The minimum absolute atomic E-state index is 0.144. The lowest BCUT2D eigenvalue weighted by Gasteiger charge is -2.04. The number of nitrogens with one attached hydrogen (secondary N) is 2. The number of hydrogen-bond donors (Lipinski definition) is 2. The molecule has 1 amide bonds. The maximum absolute atomic E-state index is 11.2. The standard InChI is InChI=1S/C12H20N2OS/c1-2-7-14-12(15)6-9-13-8-5-11-4-3-10-16-11/h3-4,10,13H,2,5-9H2,1H3,(H,14,15).